The van der Waals surface area contributed by atoms with Crippen molar-refractivity contribution in [2.75, 3.05) is 11.9 Å². The molecule has 1 aliphatic carbocycles. The van der Waals surface area contributed by atoms with Crippen LogP contribution in [-0.4, -0.2) is 23.7 Å². The predicted octanol–water partition coefficient (Wildman–Crippen LogP) is 2.61. The van der Waals surface area contributed by atoms with Crippen LogP contribution in [0, 0.1) is 12.3 Å². The number of urea groups is 1. The van der Waals surface area contributed by atoms with Crippen molar-refractivity contribution in [2.45, 2.75) is 26.7 Å². The fraction of sp³-hybridized carbons (Fsp3) is 0.429. The number of benzene rings is 1. The lowest BCUT2D eigenvalue weighted by molar-refractivity contribution is 0.0697. The molecule has 5 nitrogen and oxygen atoms in total. The molecule has 1 aliphatic rings. The maximum absolute atomic E-state index is 11.8. The van der Waals surface area contributed by atoms with E-state index < -0.39 is 5.97 Å². The Bertz CT molecular complexity index is 521. The highest BCUT2D eigenvalue weighted by Crippen LogP contribution is 2.44. The molecule has 1 aromatic carbocycles. The first-order valence-electron chi connectivity index (χ1n) is 6.28. The van der Waals surface area contributed by atoms with Crippen molar-refractivity contribution in [3.05, 3.63) is 29.3 Å². The molecule has 0 radical (unpaired) electrons. The van der Waals surface area contributed by atoms with Crippen LogP contribution >= 0.6 is 0 Å². The molecule has 1 aromatic rings. The van der Waals surface area contributed by atoms with Crippen LogP contribution in [0.25, 0.3) is 0 Å². The van der Waals surface area contributed by atoms with Gasteiger partial charge in [-0.2, -0.15) is 0 Å². The van der Waals surface area contributed by atoms with Crippen molar-refractivity contribution in [2.24, 2.45) is 5.41 Å². The number of carboxylic acids is 1. The zero-order chi connectivity index (χ0) is 14.0. The van der Waals surface area contributed by atoms with Crippen LogP contribution in [0.5, 0.6) is 0 Å². The predicted molar refractivity (Wildman–Crippen MR) is 72.5 cm³/mol. The smallest absolute Gasteiger partial charge is 0.335 e. The Labute approximate surface area is 112 Å². The fourth-order valence-corrected chi connectivity index (χ4v) is 1.74. The highest BCUT2D eigenvalue weighted by atomic mass is 16.4. The first-order chi connectivity index (χ1) is 8.89. The molecule has 0 bridgehead atoms. The number of amides is 2. The molecule has 2 amide bonds. The van der Waals surface area contributed by atoms with Gasteiger partial charge in [0.05, 0.1) is 5.56 Å². The molecular formula is C14H18N2O3. The van der Waals surface area contributed by atoms with E-state index >= 15 is 0 Å². The SMILES string of the molecule is Cc1ccc(C(=O)O)cc1NC(=O)NCC1(C)CC1. The quantitative estimate of drug-likeness (QED) is 0.780. The molecule has 0 unspecified atom stereocenters. The van der Waals surface area contributed by atoms with Crippen LogP contribution in [0.2, 0.25) is 0 Å². The summed E-state index contributed by atoms with van der Waals surface area (Å²) in [7, 11) is 0. The normalized spacial score (nSPS) is 15.7. The van der Waals surface area contributed by atoms with E-state index in [0.29, 0.717) is 12.2 Å². The van der Waals surface area contributed by atoms with Gasteiger partial charge in [0.1, 0.15) is 0 Å². The lowest BCUT2D eigenvalue weighted by Crippen LogP contribution is -2.33. The van der Waals surface area contributed by atoms with E-state index in [1.165, 1.54) is 12.1 Å². The Kier molecular flexibility index (Phi) is 3.46. The van der Waals surface area contributed by atoms with Crippen LogP contribution in [0.1, 0.15) is 35.7 Å². The summed E-state index contributed by atoms with van der Waals surface area (Å²) in [6.45, 7) is 4.60. The number of carboxylic acid groups (broad SMARTS) is 1. The largest absolute Gasteiger partial charge is 0.478 e. The summed E-state index contributed by atoms with van der Waals surface area (Å²) in [6, 6.07) is 4.38. The Morgan fingerprint density at radius 1 is 1.37 bits per heavy atom. The topological polar surface area (TPSA) is 78.4 Å². The Morgan fingerprint density at radius 3 is 2.63 bits per heavy atom. The number of aryl methyl sites for hydroxylation is 1. The van der Waals surface area contributed by atoms with Gasteiger partial charge in [0.2, 0.25) is 0 Å². The van der Waals surface area contributed by atoms with E-state index in [1.54, 1.807) is 6.07 Å². The van der Waals surface area contributed by atoms with Gasteiger partial charge in [-0.1, -0.05) is 13.0 Å². The number of carbonyl (C=O) groups excluding carboxylic acids is 1. The van der Waals surface area contributed by atoms with E-state index in [-0.39, 0.29) is 17.0 Å². The van der Waals surface area contributed by atoms with Crippen molar-refractivity contribution >= 4 is 17.7 Å². The first-order valence-corrected chi connectivity index (χ1v) is 6.28. The van der Waals surface area contributed by atoms with Gasteiger partial charge in [-0.15, -0.1) is 0 Å². The molecule has 0 heterocycles. The summed E-state index contributed by atoms with van der Waals surface area (Å²) < 4.78 is 0. The van der Waals surface area contributed by atoms with E-state index in [1.807, 2.05) is 6.92 Å². The number of nitrogens with one attached hydrogen (secondary N) is 2. The second-order valence-corrected chi connectivity index (χ2v) is 5.45. The van der Waals surface area contributed by atoms with Gasteiger partial charge in [-0.05, 0) is 42.9 Å². The number of hydrogen-bond donors (Lipinski definition) is 3. The molecule has 0 aliphatic heterocycles. The van der Waals surface area contributed by atoms with Crippen molar-refractivity contribution in [1.29, 1.82) is 0 Å². The lowest BCUT2D eigenvalue weighted by atomic mass is 10.1. The fourth-order valence-electron chi connectivity index (χ4n) is 1.74. The van der Waals surface area contributed by atoms with E-state index in [2.05, 4.69) is 17.6 Å². The van der Waals surface area contributed by atoms with Crippen molar-refractivity contribution in [1.82, 2.24) is 5.32 Å². The molecule has 5 heteroatoms. The third kappa shape index (κ3) is 3.47. The average molecular weight is 262 g/mol. The molecule has 0 spiro atoms. The van der Waals surface area contributed by atoms with Crippen LogP contribution in [0.15, 0.2) is 18.2 Å². The molecule has 1 fully saturated rings. The highest BCUT2D eigenvalue weighted by molar-refractivity contribution is 5.93. The average Bonchev–Trinajstić information content (AvgIpc) is 3.08. The summed E-state index contributed by atoms with van der Waals surface area (Å²) in [6.07, 6.45) is 2.28. The van der Waals surface area contributed by atoms with Gasteiger partial charge in [0, 0.05) is 12.2 Å². The second kappa shape index (κ2) is 4.91. The van der Waals surface area contributed by atoms with Gasteiger partial charge in [-0.3, -0.25) is 0 Å². The van der Waals surface area contributed by atoms with Crippen molar-refractivity contribution in [3.8, 4) is 0 Å². The van der Waals surface area contributed by atoms with Crippen molar-refractivity contribution < 1.29 is 14.7 Å². The summed E-state index contributed by atoms with van der Waals surface area (Å²) in [5, 5.41) is 14.4. The van der Waals surface area contributed by atoms with Crippen LogP contribution in [-0.2, 0) is 0 Å². The molecule has 0 aromatic heterocycles. The van der Waals surface area contributed by atoms with Crippen LogP contribution in [0.3, 0.4) is 0 Å². The maximum Gasteiger partial charge on any atom is 0.335 e. The number of anilines is 1. The van der Waals surface area contributed by atoms with Crippen molar-refractivity contribution in [3.63, 3.8) is 0 Å². The zero-order valence-electron chi connectivity index (χ0n) is 11.1. The standard InChI is InChI=1S/C14H18N2O3/c1-9-3-4-10(12(17)18)7-11(9)16-13(19)15-8-14(2)5-6-14/h3-4,7H,5-6,8H2,1-2H3,(H,17,18)(H2,15,16,19). The number of rotatable bonds is 4. The first kappa shape index (κ1) is 13.4. The lowest BCUT2D eigenvalue weighted by Gasteiger charge is -2.13. The van der Waals surface area contributed by atoms with Crippen LogP contribution in [0.4, 0.5) is 10.5 Å². The molecular weight excluding hydrogens is 244 g/mol. The van der Waals surface area contributed by atoms with Gasteiger partial charge < -0.3 is 15.7 Å². The van der Waals surface area contributed by atoms with E-state index in [4.69, 9.17) is 5.11 Å². The third-order valence-corrected chi connectivity index (χ3v) is 3.51. The summed E-state index contributed by atoms with van der Waals surface area (Å²) >= 11 is 0. The monoisotopic (exact) mass is 262 g/mol. The molecule has 0 saturated heterocycles. The molecule has 0 atom stereocenters. The summed E-state index contributed by atoms with van der Waals surface area (Å²) in [5.41, 5.74) is 1.76. The minimum absolute atomic E-state index is 0.162. The number of aromatic carboxylic acids is 1. The molecule has 19 heavy (non-hydrogen) atoms. The van der Waals surface area contributed by atoms with Gasteiger partial charge in [-0.25, -0.2) is 9.59 Å². The molecule has 2 rings (SSSR count). The maximum atomic E-state index is 11.8. The van der Waals surface area contributed by atoms with E-state index in [9.17, 15) is 9.59 Å². The Morgan fingerprint density at radius 2 is 2.05 bits per heavy atom. The van der Waals surface area contributed by atoms with Gasteiger partial charge in [0.15, 0.2) is 0 Å². The van der Waals surface area contributed by atoms with E-state index in [0.717, 1.165) is 18.4 Å². The summed E-state index contributed by atoms with van der Waals surface area (Å²) in [5.74, 6) is -1.01. The zero-order valence-corrected chi connectivity index (χ0v) is 11.1. The molecule has 3 N–H and O–H groups in total. The highest BCUT2D eigenvalue weighted by Gasteiger charge is 2.37. The minimum atomic E-state index is -1.01. The molecule has 1 saturated carbocycles. The Balaban J connectivity index is 1.99. The minimum Gasteiger partial charge on any atom is -0.478 e. The number of carbonyl (C=O) groups is 2. The number of hydrogen-bond acceptors (Lipinski definition) is 2. The third-order valence-electron chi connectivity index (χ3n) is 3.51. The second-order valence-electron chi connectivity index (χ2n) is 5.45. The molecule has 102 valence electrons. The Hall–Kier alpha value is -2.04. The summed E-state index contributed by atoms with van der Waals surface area (Å²) in [4.78, 5) is 22.6. The van der Waals surface area contributed by atoms with Gasteiger partial charge in [0.25, 0.3) is 0 Å². The van der Waals surface area contributed by atoms with Crippen LogP contribution < -0.4 is 10.6 Å². The van der Waals surface area contributed by atoms with Gasteiger partial charge >= 0.3 is 12.0 Å².